The lowest BCUT2D eigenvalue weighted by atomic mass is 9.88. The molecule has 2 aliphatic rings. The molecule has 5 nitrogen and oxygen atoms in total. The van der Waals surface area contributed by atoms with Crippen LogP contribution in [0.5, 0.6) is 0 Å². The maximum atomic E-state index is 13.4. The summed E-state index contributed by atoms with van der Waals surface area (Å²) in [5.41, 5.74) is 8.24. The Bertz CT molecular complexity index is 823. The first-order valence-electron chi connectivity index (χ1n) is 11.6. The second kappa shape index (κ2) is 10.1. The van der Waals surface area contributed by atoms with Crippen LogP contribution < -0.4 is 11.1 Å². The third-order valence-electron chi connectivity index (χ3n) is 6.78. The van der Waals surface area contributed by atoms with Gasteiger partial charge in [-0.2, -0.15) is 0 Å². The Kier molecular flexibility index (Phi) is 7.03. The fraction of sp³-hybridized carbons (Fsp3) is 0.462. The zero-order valence-electron chi connectivity index (χ0n) is 18.1. The monoisotopic (exact) mass is 419 g/mol. The number of nitrogens with one attached hydrogen (secondary N) is 1. The number of nitrogens with zero attached hydrogens (tertiary/aromatic N) is 1. The highest BCUT2D eigenvalue weighted by Crippen LogP contribution is 2.30. The molecule has 2 fully saturated rings. The number of benzene rings is 2. The van der Waals surface area contributed by atoms with Crippen molar-refractivity contribution in [3.63, 3.8) is 0 Å². The van der Waals surface area contributed by atoms with E-state index in [0.29, 0.717) is 13.0 Å². The van der Waals surface area contributed by atoms with Crippen LogP contribution >= 0.6 is 0 Å². The van der Waals surface area contributed by atoms with E-state index in [1.165, 1.54) is 0 Å². The molecule has 0 aromatic heterocycles. The van der Waals surface area contributed by atoms with Gasteiger partial charge in [-0.05, 0) is 49.7 Å². The predicted molar refractivity (Wildman–Crippen MR) is 122 cm³/mol. The van der Waals surface area contributed by atoms with Crippen LogP contribution in [0.2, 0.25) is 0 Å². The minimum absolute atomic E-state index is 0.00212. The molecule has 1 atom stereocenters. The van der Waals surface area contributed by atoms with Gasteiger partial charge in [-0.1, -0.05) is 60.7 Å². The van der Waals surface area contributed by atoms with Crippen molar-refractivity contribution in [2.45, 2.75) is 69.0 Å². The van der Waals surface area contributed by atoms with E-state index in [1.54, 1.807) is 0 Å². The van der Waals surface area contributed by atoms with Gasteiger partial charge < -0.3 is 16.0 Å². The fourth-order valence-corrected chi connectivity index (χ4v) is 4.99. The first-order valence-corrected chi connectivity index (χ1v) is 11.6. The lowest BCUT2D eigenvalue weighted by molar-refractivity contribution is -0.139. The Morgan fingerprint density at radius 3 is 2.06 bits per heavy atom. The van der Waals surface area contributed by atoms with Crippen LogP contribution in [0.25, 0.3) is 0 Å². The SMILES string of the molecule is NC1CCC(NC(=O)[C@@H]2CCCN2C(=O)CC(c2ccccc2)c2ccccc2)CC1. The second-order valence-electron chi connectivity index (χ2n) is 8.94. The van der Waals surface area contributed by atoms with E-state index in [4.69, 9.17) is 5.73 Å². The zero-order valence-corrected chi connectivity index (χ0v) is 18.1. The molecule has 0 radical (unpaired) electrons. The van der Waals surface area contributed by atoms with E-state index in [0.717, 1.165) is 49.7 Å². The van der Waals surface area contributed by atoms with Crippen molar-refractivity contribution in [1.82, 2.24) is 10.2 Å². The molecule has 2 aromatic carbocycles. The van der Waals surface area contributed by atoms with Gasteiger partial charge >= 0.3 is 0 Å². The maximum Gasteiger partial charge on any atom is 0.243 e. The van der Waals surface area contributed by atoms with Gasteiger partial charge in [0, 0.05) is 31.0 Å². The number of hydrogen-bond acceptors (Lipinski definition) is 3. The number of amides is 2. The minimum Gasteiger partial charge on any atom is -0.352 e. The summed E-state index contributed by atoms with van der Waals surface area (Å²) in [4.78, 5) is 28.2. The maximum absolute atomic E-state index is 13.4. The van der Waals surface area contributed by atoms with Gasteiger partial charge in [0.05, 0.1) is 0 Å². The molecular weight excluding hydrogens is 386 g/mol. The average molecular weight is 420 g/mol. The Balaban J connectivity index is 1.45. The first-order chi connectivity index (χ1) is 15.1. The molecule has 0 spiro atoms. The quantitative estimate of drug-likeness (QED) is 0.751. The van der Waals surface area contributed by atoms with Crippen LogP contribution in [-0.2, 0) is 9.59 Å². The molecule has 4 rings (SSSR count). The van der Waals surface area contributed by atoms with E-state index in [9.17, 15) is 9.59 Å². The smallest absolute Gasteiger partial charge is 0.243 e. The van der Waals surface area contributed by atoms with Gasteiger partial charge in [0.15, 0.2) is 0 Å². The van der Waals surface area contributed by atoms with E-state index in [-0.39, 0.29) is 35.9 Å². The molecule has 1 saturated carbocycles. The minimum atomic E-state index is -0.352. The van der Waals surface area contributed by atoms with Crippen LogP contribution in [0.4, 0.5) is 0 Å². The lowest BCUT2D eigenvalue weighted by Crippen LogP contribution is -2.50. The molecule has 1 heterocycles. The van der Waals surface area contributed by atoms with Crippen LogP contribution in [0.15, 0.2) is 60.7 Å². The zero-order chi connectivity index (χ0) is 21.6. The summed E-state index contributed by atoms with van der Waals surface area (Å²) in [7, 11) is 0. The van der Waals surface area contributed by atoms with Crippen LogP contribution in [0.1, 0.15) is 62.0 Å². The summed E-state index contributed by atoms with van der Waals surface area (Å²) in [6.07, 6.45) is 5.75. The molecule has 0 bridgehead atoms. The van der Waals surface area contributed by atoms with E-state index in [2.05, 4.69) is 29.6 Å². The van der Waals surface area contributed by atoms with Gasteiger partial charge in [-0.3, -0.25) is 9.59 Å². The standard InChI is InChI=1S/C26H33N3O2/c27-21-13-15-22(16-14-21)28-26(31)24-12-7-17-29(24)25(30)18-23(19-8-3-1-4-9-19)20-10-5-2-6-11-20/h1-6,8-11,21-24H,7,12-18,27H2,(H,28,31)/t21?,22?,24-/m0/s1. The Morgan fingerprint density at radius 1 is 0.903 bits per heavy atom. The molecule has 1 aliphatic heterocycles. The molecule has 1 saturated heterocycles. The molecule has 2 aromatic rings. The van der Waals surface area contributed by atoms with Crippen LogP contribution in [0.3, 0.4) is 0 Å². The third-order valence-corrected chi connectivity index (χ3v) is 6.78. The summed E-state index contributed by atoms with van der Waals surface area (Å²) < 4.78 is 0. The molecule has 2 amide bonds. The van der Waals surface area contributed by atoms with Crippen LogP contribution in [0, 0.1) is 0 Å². The van der Waals surface area contributed by atoms with E-state index < -0.39 is 0 Å². The van der Waals surface area contributed by atoms with Gasteiger partial charge in [-0.15, -0.1) is 0 Å². The van der Waals surface area contributed by atoms with Gasteiger partial charge in [-0.25, -0.2) is 0 Å². The predicted octanol–water partition coefficient (Wildman–Crippen LogP) is 3.59. The highest BCUT2D eigenvalue weighted by atomic mass is 16.2. The first kappa shape index (κ1) is 21.6. The van der Waals surface area contributed by atoms with Crippen molar-refractivity contribution < 1.29 is 9.59 Å². The summed E-state index contributed by atoms with van der Waals surface area (Å²) in [6.45, 7) is 0.656. The highest BCUT2D eigenvalue weighted by molar-refractivity contribution is 5.88. The molecule has 3 N–H and O–H groups in total. The van der Waals surface area contributed by atoms with Gasteiger partial charge in [0.25, 0.3) is 0 Å². The van der Waals surface area contributed by atoms with Crippen molar-refractivity contribution in [2.24, 2.45) is 5.73 Å². The van der Waals surface area contributed by atoms with Crippen molar-refractivity contribution in [3.05, 3.63) is 71.8 Å². The van der Waals surface area contributed by atoms with Gasteiger partial charge in [0.1, 0.15) is 6.04 Å². The van der Waals surface area contributed by atoms with Crippen LogP contribution in [-0.4, -0.2) is 41.4 Å². The molecular formula is C26H33N3O2. The number of carbonyl (C=O) groups is 2. The second-order valence-corrected chi connectivity index (χ2v) is 8.94. The number of likely N-dealkylation sites (tertiary alicyclic amines) is 1. The molecule has 5 heteroatoms. The largest absolute Gasteiger partial charge is 0.352 e. The highest BCUT2D eigenvalue weighted by Gasteiger charge is 2.36. The number of nitrogens with two attached hydrogens (primary N) is 1. The Hall–Kier alpha value is -2.66. The molecule has 31 heavy (non-hydrogen) atoms. The summed E-state index contributed by atoms with van der Waals surface area (Å²) in [5, 5.41) is 3.19. The van der Waals surface area contributed by atoms with Crippen molar-refractivity contribution in [2.75, 3.05) is 6.54 Å². The third kappa shape index (κ3) is 5.34. The van der Waals surface area contributed by atoms with Gasteiger partial charge in [0.2, 0.25) is 11.8 Å². The van der Waals surface area contributed by atoms with Crippen molar-refractivity contribution in [3.8, 4) is 0 Å². The fourth-order valence-electron chi connectivity index (χ4n) is 4.99. The normalized spacial score (nSPS) is 23.7. The van der Waals surface area contributed by atoms with E-state index >= 15 is 0 Å². The number of carbonyl (C=O) groups excluding carboxylic acids is 2. The van der Waals surface area contributed by atoms with E-state index in [1.807, 2.05) is 41.3 Å². The average Bonchev–Trinajstić information content (AvgIpc) is 3.30. The summed E-state index contributed by atoms with van der Waals surface area (Å²) in [5.74, 6) is 0.0439. The van der Waals surface area contributed by atoms with Crippen molar-refractivity contribution >= 4 is 11.8 Å². The molecule has 164 valence electrons. The lowest BCUT2D eigenvalue weighted by Gasteiger charge is -2.30. The van der Waals surface area contributed by atoms with Crippen molar-refractivity contribution in [1.29, 1.82) is 0 Å². The Morgan fingerprint density at radius 2 is 1.48 bits per heavy atom. The number of hydrogen-bond donors (Lipinski definition) is 2. The molecule has 0 unspecified atom stereocenters. The number of rotatable bonds is 6. The molecule has 1 aliphatic carbocycles. The Labute approximate surface area is 185 Å². The summed E-state index contributed by atoms with van der Waals surface area (Å²) in [6, 6.07) is 20.4. The summed E-state index contributed by atoms with van der Waals surface area (Å²) >= 11 is 0. The topological polar surface area (TPSA) is 75.4 Å².